The number of piperidine rings is 1. The minimum atomic E-state index is 0.000409. The summed E-state index contributed by atoms with van der Waals surface area (Å²) in [7, 11) is 0. The van der Waals surface area contributed by atoms with E-state index in [4.69, 9.17) is 0 Å². The maximum Gasteiger partial charge on any atom is 0.224 e. The molecule has 1 aromatic rings. The van der Waals surface area contributed by atoms with Crippen LogP contribution in [-0.2, 0) is 11.2 Å². The molecular formula is C16H24N2O2. The highest BCUT2D eigenvalue weighted by molar-refractivity contribution is 5.79. The van der Waals surface area contributed by atoms with Crippen LogP contribution in [0.1, 0.15) is 31.7 Å². The van der Waals surface area contributed by atoms with Gasteiger partial charge in [0.05, 0.1) is 6.42 Å². The number of rotatable bonds is 5. The molecule has 1 amide bonds. The van der Waals surface area contributed by atoms with E-state index in [1.807, 2.05) is 6.07 Å². The van der Waals surface area contributed by atoms with Crippen molar-refractivity contribution >= 4 is 5.91 Å². The third kappa shape index (κ3) is 4.23. The van der Waals surface area contributed by atoms with Gasteiger partial charge in [0.25, 0.3) is 0 Å². The molecule has 0 aromatic heterocycles. The molecule has 1 fully saturated rings. The summed E-state index contributed by atoms with van der Waals surface area (Å²) in [5, 5.41) is 12.8. The van der Waals surface area contributed by atoms with Crippen molar-refractivity contribution < 1.29 is 9.90 Å². The number of carbonyl (C=O) groups is 1. The van der Waals surface area contributed by atoms with Crippen molar-refractivity contribution in [3.05, 3.63) is 29.8 Å². The molecule has 0 saturated carbocycles. The van der Waals surface area contributed by atoms with Gasteiger partial charge in [0, 0.05) is 24.7 Å². The molecule has 0 radical (unpaired) electrons. The number of hydrogen-bond donors (Lipinski definition) is 2. The van der Waals surface area contributed by atoms with Crippen molar-refractivity contribution in [1.82, 2.24) is 10.2 Å². The molecule has 1 saturated heterocycles. The molecule has 1 aliphatic heterocycles. The lowest BCUT2D eigenvalue weighted by molar-refractivity contribution is -0.121. The lowest BCUT2D eigenvalue weighted by Gasteiger charge is -2.32. The summed E-state index contributed by atoms with van der Waals surface area (Å²) in [6.45, 7) is 5.48. The maximum absolute atomic E-state index is 12.0. The summed E-state index contributed by atoms with van der Waals surface area (Å²) in [4.78, 5) is 14.5. The highest BCUT2D eigenvalue weighted by Crippen LogP contribution is 2.16. The molecular weight excluding hydrogens is 252 g/mol. The first-order valence-electron chi connectivity index (χ1n) is 7.47. The van der Waals surface area contributed by atoms with Gasteiger partial charge in [-0.2, -0.15) is 0 Å². The van der Waals surface area contributed by atoms with Crippen molar-refractivity contribution in [2.24, 2.45) is 0 Å². The van der Waals surface area contributed by atoms with Crippen molar-refractivity contribution in [1.29, 1.82) is 0 Å². The number of nitrogens with zero attached hydrogens (tertiary/aromatic N) is 1. The molecule has 4 nitrogen and oxygen atoms in total. The number of benzene rings is 1. The Balaban J connectivity index is 1.77. The van der Waals surface area contributed by atoms with Gasteiger partial charge in [0.1, 0.15) is 5.75 Å². The Bertz CT molecular complexity index is 440. The topological polar surface area (TPSA) is 52.6 Å². The van der Waals surface area contributed by atoms with Gasteiger partial charge in [-0.15, -0.1) is 0 Å². The van der Waals surface area contributed by atoms with Gasteiger partial charge in [-0.3, -0.25) is 4.79 Å². The van der Waals surface area contributed by atoms with Crippen molar-refractivity contribution in [3.8, 4) is 5.75 Å². The Morgan fingerprint density at radius 2 is 2.05 bits per heavy atom. The fraction of sp³-hybridized carbons (Fsp3) is 0.562. The number of nitrogens with one attached hydrogen (secondary N) is 1. The minimum absolute atomic E-state index is 0.000409. The van der Waals surface area contributed by atoms with Gasteiger partial charge >= 0.3 is 0 Å². The van der Waals surface area contributed by atoms with Gasteiger partial charge in [-0.1, -0.05) is 25.1 Å². The summed E-state index contributed by atoms with van der Waals surface area (Å²) >= 11 is 0. The number of amides is 1. The summed E-state index contributed by atoms with van der Waals surface area (Å²) in [5.41, 5.74) is 0.688. The van der Waals surface area contributed by atoms with Crippen LogP contribution in [-0.4, -0.2) is 41.6 Å². The zero-order valence-corrected chi connectivity index (χ0v) is 12.1. The van der Waals surface area contributed by atoms with Gasteiger partial charge in [-0.25, -0.2) is 0 Å². The lowest BCUT2D eigenvalue weighted by atomic mass is 10.0. The van der Waals surface area contributed by atoms with E-state index >= 15 is 0 Å². The smallest absolute Gasteiger partial charge is 0.224 e. The molecule has 110 valence electrons. The molecule has 0 bridgehead atoms. The van der Waals surface area contributed by atoms with Crippen LogP contribution in [0.15, 0.2) is 24.3 Å². The lowest BCUT2D eigenvalue weighted by Crippen LogP contribution is -2.45. The normalized spacial score (nSPS) is 17.1. The quantitative estimate of drug-likeness (QED) is 0.864. The van der Waals surface area contributed by atoms with Crippen LogP contribution in [0, 0.1) is 0 Å². The van der Waals surface area contributed by atoms with Crippen molar-refractivity contribution in [2.45, 2.75) is 38.6 Å². The SMILES string of the molecule is CCCN1CCC(NC(=O)Cc2ccccc2O)CC1. The Morgan fingerprint density at radius 3 is 2.70 bits per heavy atom. The molecule has 0 spiro atoms. The second-order valence-electron chi connectivity index (χ2n) is 5.49. The Kier molecular flexibility index (Phi) is 5.41. The van der Waals surface area contributed by atoms with Crippen LogP contribution >= 0.6 is 0 Å². The van der Waals surface area contributed by atoms with E-state index in [1.165, 1.54) is 6.42 Å². The number of carbonyl (C=O) groups excluding carboxylic acids is 1. The number of phenols is 1. The van der Waals surface area contributed by atoms with Crippen LogP contribution in [0.3, 0.4) is 0 Å². The predicted molar refractivity (Wildman–Crippen MR) is 79.7 cm³/mol. The van der Waals surface area contributed by atoms with Crippen LogP contribution < -0.4 is 5.32 Å². The van der Waals surface area contributed by atoms with Gasteiger partial charge in [0.15, 0.2) is 0 Å². The van der Waals surface area contributed by atoms with Crippen LogP contribution in [0.25, 0.3) is 0 Å². The number of para-hydroxylation sites is 1. The van der Waals surface area contributed by atoms with E-state index in [0.29, 0.717) is 5.56 Å². The molecule has 0 atom stereocenters. The van der Waals surface area contributed by atoms with Gasteiger partial charge in [-0.05, 0) is 31.9 Å². The largest absolute Gasteiger partial charge is 0.508 e. The third-order valence-electron chi connectivity index (χ3n) is 3.84. The zero-order chi connectivity index (χ0) is 14.4. The molecule has 2 N–H and O–H groups in total. The molecule has 1 heterocycles. The van der Waals surface area contributed by atoms with Crippen molar-refractivity contribution in [2.75, 3.05) is 19.6 Å². The van der Waals surface area contributed by atoms with Crippen LogP contribution in [0.4, 0.5) is 0 Å². The average molecular weight is 276 g/mol. The Hall–Kier alpha value is -1.55. The fourth-order valence-corrected chi connectivity index (χ4v) is 2.73. The average Bonchev–Trinajstić information content (AvgIpc) is 2.44. The molecule has 1 aliphatic rings. The fourth-order valence-electron chi connectivity index (χ4n) is 2.73. The summed E-state index contributed by atoms with van der Waals surface area (Å²) in [5.74, 6) is 0.195. The Labute approximate surface area is 120 Å². The van der Waals surface area contributed by atoms with E-state index in [2.05, 4.69) is 17.1 Å². The number of likely N-dealkylation sites (tertiary alicyclic amines) is 1. The molecule has 20 heavy (non-hydrogen) atoms. The van der Waals surface area contributed by atoms with E-state index in [9.17, 15) is 9.90 Å². The van der Waals surface area contributed by atoms with Crippen molar-refractivity contribution in [3.63, 3.8) is 0 Å². The Morgan fingerprint density at radius 1 is 1.35 bits per heavy atom. The number of phenolic OH excluding ortho intramolecular Hbond substituents is 1. The molecule has 1 aromatic carbocycles. The molecule has 0 aliphatic carbocycles. The maximum atomic E-state index is 12.0. The molecule has 0 unspecified atom stereocenters. The predicted octanol–water partition coefficient (Wildman–Crippen LogP) is 1.93. The van der Waals surface area contributed by atoms with E-state index in [0.717, 1.165) is 32.5 Å². The standard InChI is InChI=1S/C16H24N2O2/c1-2-9-18-10-7-14(8-11-18)17-16(20)12-13-5-3-4-6-15(13)19/h3-6,14,19H,2,7-12H2,1H3,(H,17,20). The van der Waals surface area contributed by atoms with Gasteiger partial charge in [0.2, 0.25) is 5.91 Å². The monoisotopic (exact) mass is 276 g/mol. The second-order valence-corrected chi connectivity index (χ2v) is 5.49. The first-order valence-corrected chi connectivity index (χ1v) is 7.47. The van der Waals surface area contributed by atoms with Crippen LogP contribution in [0.5, 0.6) is 5.75 Å². The number of aromatic hydroxyl groups is 1. The summed E-state index contributed by atoms with van der Waals surface area (Å²) in [6, 6.07) is 7.29. The molecule has 2 rings (SSSR count). The zero-order valence-electron chi connectivity index (χ0n) is 12.1. The summed E-state index contributed by atoms with van der Waals surface area (Å²) in [6.07, 6.45) is 3.48. The minimum Gasteiger partial charge on any atom is -0.508 e. The third-order valence-corrected chi connectivity index (χ3v) is 3.84. The van der Waals surface area contributed by atoms with Crippen LogP contribution in [0.2, 0.25) is 0 Å². The number of hydrogen-bond acceptors (Lipinski definition) is 3. The highest BCUT2D eigenvalue weighted by atomic mass is 16.3. The van der Waals surface area contributed by atoms with E-state index < -0.39 is 0 Å². The van der Waals surface area contributed by atoms with E-state index in [-0.39, 0.29) is 24.1 Å². The molecule has 4 heteroatoms. The first-order chi connectivity index (χ1) is 9.69. The highest BCUT2D eigenvalue weighted by Gasteiger charge is 2.20. The summed E-state index contributed by atoms with van der Waals surface area (Å²) < 4.78 is 0. The van der Waals surface area contributed by atoms with E-state index in [1.54, 1.807) is 18.2 Å². The first kappa shape index (κ1) is 14.9. The van der Waals surface area contributed by atoms with Gasteiger partial charge < -0.3 is 15.3 Å². The second kappa shape index (κ2) is 7.29.